The molecule has 2 nitrogen and oxygen atoms in total. The Morgan fingerprint density at radius 1 is 1.05 bits per heavy atom. The van der Waals surface area contributed by atoms with Gasteiger partial charge in [-0.25, -0.2) is 0 Å². The van der Waals surface area contributed by atoms with Crippen LogP contribution in [0.2, 0.25) is 0 Å². The molecule has 1 heterocycles. The van der Waals surface area contributed by atoms with Gasteiger partial charge in [-0.05, 0) is 43.7 Å². The number of fused-ring (bicyclic) bond motifs is 1. The number of pyridine rings is 1. The molecule has 21 heavy (non-hydrogen) atoms. The van der Waals surface area contributed by atoms with Crippen molar-refractivity contribution in [3.63, 3.8) is 0 Å². The van der Waals surface area contributed by atoms with Crippen molar-refractivity contribution in [2.45, 2.75) is 19.4 Å². The molecule has 1 atom stereocenters. The molecule has 0 spiro atoms. The fourth-order valence-corrected chi connectivity index (χ4v) is 2.76. The summed E-state index contributed by atoms with van der Waals surface area (Å²) in [6.45, 7) is 2.14. The van der Waals surface area contributed by atoms with Gasteiger partial charge in [-0.2, -0.15) is 0 Å². The standard InChI is InChI=1S/C19H20N2/c1-14-5-3-6-15(11-14)12-18(20-2)17-9-8-16-7-4-10-21-19(16)13-17/h3-11,13,18,20H,12H2,1-2H3. The van der Waals surface area contributed by atoms with Crippen molar-refractivity contribution in [3.05, 3.63) is 77.5 Å². The highest BCUT2D eigenvalue weighted by Crippen LogP contribution is 2.22. The molecule has 0 aliphatic heterocycles. The topological polar surface area (TPSA) is 24.9 Å². The van der Waals surface area contributed by atoms with E-state index in [0.29, 0.717) is 6.04 Å². The van der Waals surface area contributed by atoms with Gasteiger partial charge < -0.3 is 5.32 Å². The number of hydrogen-bond acceptors (Lipinski definition) is 2. The SMILES string of the molecule is CNC(Cc1cccc(C)c1)c1ccc2cccnc2c1. The van der Waals surface area contributed by atoms with E-state index in [1.807, 2.05) is 19.3 Å². The Hall–Kier alpha value is -2.19. The van der Waals surface area contributed by atoms with E-state index in [9.17, 15) is 0 Å². The van der Waals surface area contributed by atoms with E-state index in [2.05, 4.69) is 65.8 Å². The second-order valence-electron chi connectivity index (χ2n) is 5.49. The molecular formula is C19H20N2. The van der Waals surface area contributed by atoms with Crippen molar-refractivity contribution in [1.29, 1.82) is 0 Å². The third kappa shape index (κ3) is 3.11. The molecule has 2 aromatic carbocycles. The normalized spacial score (nSPS) is 12.5. The van der Waals surface area contributed by atoms with Crippen LogP contribution in [0.1, 0.15) is 22.7 Å². The average molecular weight is 276 g/mol. The molecule has 0 saturated heterocycles. The van der Waals surface area contributed by atoms with Crippen LogP contribution in [0.4, 0.5) is 0 Å². The molecule has 3 rings (SSSR count). The van der Waals surface area contributed by atoms with Crippen molar-refractivity contribution >= 4 is 10.9 Å². The lowest BCUT2D eigenvalue weighted by molar-refractivity contribution is 0.592. The van der Waals surface area contributed by atoms with Gasteiger partial charge in [0.05, 0.1) is 5.52 Å². The number of nitrogens with zero attached hydrogens (tertiary/aromatic N) is 1. The van der Waals surface area contributed by atoms with Gasteiger partial charge in [0.2, 0.25) is 0 Å². The summed E-state index contributed by atoms with van der Waals surface area (Å²) in [5.41, 5.74) is 5.00. The van der Waals surface area contributed by atoms with Crippen molar-refractivity contribution in [3.8, 4) is 0 Å². The van der Waals surface area contributed by atoms with Gasteiger partial charge in [0.15, 0.2) is 0 Å². The monoisotopic (exact) mass is 276 g/mol. The summed E-state index contributed by atoms with van der Waals surface area (Å²) < 4.78 is 0. The lowest BCUT2D eigenvalue weighted by atomic mass is 9.97. The molecule has 106 valence electrons. The second-order valence-corrected chi connectivity index (χ2v) is 5.49. The van der Waals surface area contributed by atoms with Gasteiger partial charge in [-0.15, -0.1) is 0 Å². The van der Waals surface area contributed by atoms with E-state index in [1.165, 1.54) is 22.1 Å². The average Bonchev–Trinajstić information content (AvgIpc) is 2.52. The minimum absolute atomic E-state index is 0.304. The van der Waals surface area contributed by atoms with Crippen LogP contribution in [0.3, 0.4) is 0 Å². The Labute approximate surface area is 125 Å². The maximum absolute atomic E-state index is 4.45. The molecule has 0 aliphatic carbocycles. The lowest BCUT2D eigenvalue weighted by Crippen LogP contribution is -2.18. The van der Waals surface area contributed by atoms with E-state index in [-0.39, 0.29) is 0 Å². The van der Waals surface area contributed by atoms with Gasteiger partial charge in [-0.1, -0.05) is 48.0 Å². The molecule has 3 aromatic rings. The van der Waals surface area contributed by atoms with E-state index < -0.39 is 0 Å². The number of rotatable bonds is 4. The Balaban J connectivity index is 1.90. The van der Waals surface area contributed by atoms with Gasteiger partial charge >= 0.3 is 0 Å². The Morgan fingerprint density at radius 2 is 1.95 bits per heavy atom. The predicted octanol–water partition coefficient (Wildman–Crippen LogP) is 4.05. The molecule has 1 N–H and O–H groups in total. The molecule has 0 bridgehead atoms. The van der Waals surface area contributed by atoms with Gasteiger partial charge in [0, 0.05) is 17.6 Å². The molecule has 0 fully saturated rings. The Morgan fingerprint density at radius 3 is 2.76 bits per heavy atom. The smallest absolute Gasteiger partial charge is 0.0705 e. The van der Waals surface area contributed by atoms with Crippen molar-refractivity contribution in [2.75, 3.05) is 7.05 Å². The zero-order valence-corrected chi connectivity index (χ0v) is 12.5. The fourth-order valence-electron chi connectivity index (χ4n) is 2.76. The summed E-state index contributed by atoms with van der Waals surface area (Å²) in [7, 11) is 2.02. The summed E-state index contributed by atoms with van der Waals surface area (Å²) in [4.78, 5) is 4.45. The predicted molar refractivity (Wildman–Crippen MR) is 88.4 cm³/mol. The number of likely N-dealkylation sites (N-methyl/N-ethyl adjacent to an activating group) is 1. The third-order valence-electron chi connectivity index (χ3n) is 3.90. The van der Waals surface area contributed by atoms with Crippen LogP contribution in [0.15, 0.2) is 60.8 Å². The first-order valence-corrected chi connectivity index (χ1v) is 7.34. The summed E-state index contributed by atoms with van der Waals surface area (Å²) in [6.07, 6.45) is 2.83. The van der Waals surface area contributed by atoms with Crippen molar-refractivity contribution in [1.82, 2.24) is 10.3 Å². The van der Waals surface area contributed by atoms with Crippen LogP contribution in [-0.4, -0.2) is 12.0 Å². The molecule has 2 heteroatoms. The first kappa shape index (κ1) is 13.8. The van der Waals surface area contributed by atoms with E-state index >= 15 is 0 Å². The molecular weight excluding hydrogens is 256 g/mol. The van der Waals surface area contributed by atoms with Crippen LogP contribution < -0.4 is 5.32 Å². The Kier molecular flexibility index (Phi) is 3.98. The van der Waals surface area contributed by atoms with E-state index in [4.69, 9.17) is 0 Å². The largest absolute Gasteiger partial charge is 0.313 e. The number of nitrogens with one attached hydrogen (secondary N) is 1. The first-order valence-electron chi connectivity index (χ1n) is 7.34. The number of aryl methyl sites for hydroxylation is 1. The quantitative estimate of drug-likeness (QED) is 0.777. The molecule has 1 aromatic heterocycles. The van der Waals surface area contributed by atoms with Crippen LogP contribution in [0.25, 0.3) is 10.9 Å². The first-order chi connectivity index (χ1) is 10.3. The van der Waals surface area contributed by atoms with Crippen LogP contribution in [0, 0.1) is 6.92 Å². The number of hydrogen-bond donors (Lipinski definition) is 1. The van der Waals surface area contributed by atoms with Gasteiger partial charge in [0.25, 0.3) is 0 Å². The van der Waals surface area contributed by atoms with Gasteiger partial charge in [-0.3, -0.25) is 4.98 Å². The van der Waals surface area contributed by atoms with Crippen LogP contribution in [-0.2, 0) is 6.42 Å². The van der Waals surface area contributed by atoms with Crippen molar-refractivity contribution in [2.24, 2.45) is 0 Å². The molecule has 0 saturated carbocycles. The highest BCUT2D eigenvalue weighted by Gasteiger charge is 2.11. The van der Waals surface area contributed by atoms with E-state index in [1.54, 1.807) is 0 Å². The maximum Gasteiger partial charge on any atom is 0.0705 e. The zero-order chi connectivity index (χ0) is 14.7. The minimum Gasteiger partial charge on any atom is -0.313 e. The zero-order valence-electron chi connectivity index (χ0n) is 12.5. The highest BCUT2D eigenvalue weighted by atomic mass is 14.9. The maximum atomic E-state index is 4.45. The summed E-state index contributed by atoms with van der Waals surface area (Å²) in [6, 6.07) is 19.6. The van der Waals surface area contributed by atoms with E-state index in [0.717, 1.165) is 11.9 Å². The molecule has 0 aliphatic rings. The van der Waals surface area contributed by atoms with Crippen molar-refractivity contribution < 1.29 is 0 Å². The summed E-state index contributed by atoms with van der Waals surface area (Å²) in [5, 5.41) is 4.61. The van der Waals surface area contributed by atoms with Crippen LogP contribution >= 0.6 is 0 Å². The fraction of sp³-hybridized carbons (Fsp3) is 0.211. The molecule has 1 unspecified atom stereocenters. The Bertz CT molecular complexity index is 749. The second kappa shape index (κ2) is 6.06. The number of aromatic nitrogens is 1. The minimum atomic E-state index is 0.304. The lowest BCUT2D eigenvalue weighted by Gasteiger charge is -2.17. The van der Waals surface area contributed by atoms with Gasteiger partial charge in [0.1, 0.15) is 0 Å². The third-order valence-corrected chi connectivity index (χ3v) is 3.90. The van der Waals surface area contributed by atoms with Crippen LogP contribution in [0.5, 0.6) is 0 Å². The summed E-state index contributed by atoms with van der Waals surface area (Å²) in [5.74, 6) is 0. The summed E-state index contributed by atoms with van der Waals surface area (Å²) >= 11 is 0. The molecule has 0 radical (unpaired) electrons. The number of benzene rings is 2. The highest BCUT2D eigenvalue weighted by molar-refractivity contribution is 5.79. The molecule has 0 amide bonds.